The van der Waals surface area contributed by atoms with Crippen molar-refractivity contribution < 1.29 is 0 Å². The van der Waals surface area contributed by atoms with Gasteiger partial charge < -0.3 is 5.32 Å². The second kappa shape index (κ2) is 4.60. The Morgan fingerprint density at radius 2 is 1.93 bits per heavy atom. The van der Waals surface area contributed by atoms with E-state index in [2.05, 4.69) is 27.3 Å². The van der Waals surface area contributed by atoms with Crippen LogP contribution in [0.15, 0.2) is 40.0 Å². The fourth-order valence-electron chi connectivity index (χ4n) is 1.28. The lowest BCUT2D eigenvalue weighted by Crippen LogP contribution is -2.22. The van der Waals surface area contributed by atoms with Gasteiger partial charge in [-0.05, 0) is 29.8 Å². The van der Waals surface area contributed by atoms with E-state index in [9.17, 15) is 0 Å². The number of allylic oxidation sites excluding steroid dienone is 2. The molecule has 0 aliphatic carbocycles. The Balaban J connectivity index is 2.36. The maximum atomic E-state index is 6.04. The van der Waals surface area contributed by atoms with Crippen LogP contribution in [0.2, 0.25) is 0 Å². The van der Waals surface area contributed by atoms with Crippen molar-refractivity contribution in [3.8, 4) is 0 Å². The Morgan fingerprint density at radius 3 is 2.53 bits per heavy atom. The highest BCUT2D eigenvalue weighted by atomic mass is 79.9. The molecule has 1 aliphatic rings. The van der Waals surface area contributed by atoms with Crippen molar-refractivity contribution in [1.82, 2.24) is 5.32 Å². The minimum Gasteiger partial charge on any atom is -0.356 e. The first-order chi connectivity index (χ1) is 7.16. The number of halogens is 3. The minimum absolute atomic E-state index is 0.281. The summed E-state index contributed by atoms with van der Waals surface area (Å²) in [5.41, 5.74) is 1.56. The van der Waals surface area contributed by atoms with Crippen LogP contribution < -0.4 is 5.32 Å². The monoisotopic (exact) mass is 302 g/mol. The molecule has 1 atom stereocenters. The van der Waals surface area contributed by atoms with Gasteiger partial charge in [-0.1, -0.05) is 51.3 Å². The number of rotatable bonds is 1. The Hall–Kier alpha value is -0.440. The molecule has 1 aliphatic heterocycles. The molecule has 0 fully saturated rings. The SMILES string of the molecule is ClC1=C(c2ccc(Br)cc2)[C]=CC(Cl)N1. The zero-order chi connectivity index (χ0) is 10.8. The summed E-state index contributed by atoms with van der Waals surface area (Å²) in [5.74, 6) is 0. The molecule has 1 N–H and O–H groups in total. The van der Waals surface area contributed by atoms with Crippen LogP contribution in [0.3, 0.4) is 0 Å². The summed E-state index contributed by atoms with van der Waals surface area (Å²) in [6.45, 7) is 0. The molecule has 1 aromatic rings. The highest BCUT2D eigenvalue weighted by Crippen LogP contribution is 2.26. The van der Waals surface area contributed by atoms with E-state index < -0.39 is 0 Å². The van der Waals surface area contributed by atoms with Gasteiger partial charge in [0.15, 0.2) is 0 Å². The molecule has 77 valence electrons. The van der Waals surface area contributed by atoms with Crippen molar-refractivity contribution >= 4 is 44.7 Å². The maximum absolute atomic E-state index is 6.04. The second-order valence-electron chi connectivity index (χ2n) is 3.05. The van der Waals surface area contributed by atoms with Gasteiger partial charge in [0.2, 0.25) is 0 Å². The van der Waals surface area contributed by atoms with Crippen LogP contribution in [0.25, 0.3) is 5.57 Å². The van der Waals surface area contributed by atoms with Gasteiger partial charge in [-0.2, -0.15) is 0 Å². The van der Waals surface area contributed by atoms with Crippen molar-refractivity contribution in [1.29, 1.82) is 0 Å². The van der Waals surface area contributed by atoms with E-state index in [1.165, 1.54) is 0 Å². The molecule has 0 saturated heterocycles. The topological polar surface area (TPSA) is 12.0 Å². The smallest absolute Gasteiger partial charge is 0.122 e. The lowest BCUT2D eigenvalue weighted by Gasteiger charge is -2.16. The summed E-state index contributed by atoms with van der Waals surface area (Å²) < 4.78 is 1.03. The normalized spacial score (nSPS) is 20.3. The molecule has 1 heterocycles. The number of nitrogens with one attached hydrogen (secondary N) is 1. The van der Waals surface area contributed by atoms with Gasteiger partial charge in [-0.25, -0.2) is 0 Å². The molecular formula is C11H7BrCl2N. The first kappa shape index (κ1) is 11.1. The first-order valence-corrected chi connectivity index (χ1v) is 5.94. The van der Waals surface area contributed by atoms with Crippen molar-refractivity contribution in [2.24, 2.45) is 0 Å². The van der Waals surface area contributed by atoms with Gasteiger partial charge in [0, 0.05) is 10.0 Å². The number of dihydropyridines is 1. The molecular weight excluding hydrogens is 297 g/mol. The third-order valence-electron chi connectivity index (χ3n) is 1.99. The third kappa shape index (κ3) is 2.57. The third-order valence-corrected chi connectivity index (χ3v) is 3.05. The fraction of sp³-hybridized carbons (Fsp3) is 0.0909. The van der Waals surface area contributed by atoms with E-state index in [1.54, 1.807) is 6.08 Å². The number of benzene rings is 1. The Kier molecular flexibility index (Phi) is 3.39. The molecule has 0 saturated carbocycles. The van der Waals surface area contributed by atoms with Crippen LogP contribution in [0.5, 0.6) is 0 Å². The van der Waals surface area contributed by atoms with Crippen molar-refractivity contribution in [3.63, 3.8) is 0 Å². The van der Waals surface area contributed by atoms with Crippen LogP contribution in [0.4, 0.5) is 0 Å². The van der Waals surface area contributed by atoms with E-state index >= 15 is 0 Å². The van der Waals surface area contributed by atoms with Crippen LogP contribution in [-0.2, 0) is 0 Å². The molecule has 1 unspecified atom stereocenters. The Morgan fingerprint density at radius 1 is 1.27 bits per heavy atom. The maximum Gasteiger partial charge on any atom is 0.122 e. The quantitative estimate of drug-likeness (QED) is 0.613. The first-order valence-electron chi connectivity index (χ1n) is 4.33. The molecule has 2 rings (SSSR count). The van der Waals surface area contributed by atoms with Gasteiger partial charge in [-0.15, -0.1) is 0 Å². The number of alkyl halides is 1. The lowest BCUT2D eigenvalue weighted by atomic mass is 10.1. The molecule has 0 aromatic heterocycles. The molecule has 0 spiro atoms. The minimum atomic E-state index is -0.281. The van der Waals surface area contributed by atoms with Crippen LogP contribution in [0.1, 0.15) is 5.56 Å². The van der Waals surface area contributed by atoms with Gasteiger partial charge >= 0.3 is 0 Å². The molecule has 1 radical (unpaired) electrons. The van der Waals surface area contributed by atoms with Crippen molar-refractivity contribution in [2.75, 3.05) is 0 Å². The summed E-state index contributed by atoms with van der Waals surface area (Å²) in [4.78, 5) is 0. The molecule has 4 heteroatoms. The molecule has 0 bridgehead atoms. The molecule has 1 aromatic carbocycles. The van der Waals surface area contributed by atoms with Crippen molar-refractivity contribution in [3.05, 3.63) is 51.6 Å². The number of hydrogen-bond acceptors (Lipinski definition) is 1. The summed E-state index contributed by atoms with van der Waals surface area (Å²) in [6, 6.07) is 7.86. The predicted octanol–water partition coefficient (Wildman–Crippen LogP) is 3.88. The van der Waals surface area contributed by atoms with E-state index in [1.807, 2.05) is 24.3 Å². The largest absolute Gasteiger partial charge is 0.356 e. The average molecular weight is 304 g/mol. The number of hydrogen-bond donors (Lipinski definition) is 1. The summed E-state index contributed by atoms with van der Waals surface area (Å²) >= 11 is 15.3. The standard InChI is InChI=1S/C11H7BrCl2N/c12-8-3-1-7(2-4-8)9-5-6-10(13)15-11(9)14/h1-4,6,10,15H. The van der Waals surface area contributed by atoms with Crippen LogP contribution in [0, 0.1) is 6.08 Å². The second-order valence-corrected chi connectivity index (χ2v) is 4.82. The summed E-state index contributed by atoms with van der Waals surface area (Å²) in [7, 11) is 0. The van der Waals surface area contributed by atoms with Crippen LogP contribution in [-0.4, -0.2) is 5.50 Å². The highest BCUT2D eigenvalue weighted by Gasteiger charge is 2.13. The van der Waals surface area contributed by atoms with E-state index in [4.69, 9.17) is 23.2 Å². The van der Waals surface area contributed by atoms with E-state index in [0.717, 1.165) is 15.6 Å². The van der Waals surface area contributed by atoms with Gasteiger partial charge in [-0.3, -0.25) is 0 Å². The summed E-state index contributed by atoms with van der Waals surface area (Å²) in [6.07, 6.45) is 4.81. The van der Waals surface area contributed by atoms with Gasteiger partial charge in [0.05, 0.1) is 0 Å². The van der Waals surface area contributed by atoms with E-state index in [0.29, 0.717) is 5.16 Å². The predicted molar refractivity (Wildman–Crippen MR) is 67.5 cm³/mol. The fourth-order valence-corrected chi connectivity index (χ4v) is 2.05. The summed E-state index contributed by atoms with van der Waals surface area (Å²) in [5, 5.41) is 3.45. The lowest BCUT2D eigenvalue weighted by molar-refractivity contribution is 0.883. The average Bonchev–Trinajstić information content (AvgIpc) is 2.20. The van der Waals surface area contributed by atoms with Gasteiger partial charge in [0.25, 0.3) is 0 Å². The van der Waals surface area contributed by atoms with Crippen molar-refractivity contribution in [2.45, 2.75) is 5.50 Å². The van der Waals surface area contributed by atoms with Crippen LogP contribution >= 0.6 is 39.1 Å². The zero-order valence-electron chi connectivity index (χ0n) is 7.60. The molecule has 0 amide bonds. The molecule has 1 nitrogen and oxygen atoms in total. The van der Waals surface area contributed by atoms with Gasteiger partial charge in [0.1, 0.15) is 10.7 Å². The zero-order valence-corrected chi connectivity index (χ0v) is 10.7. The Labute approximate surface area is 107 Å². The Bertz CT molecular complexity index is 423. The van der Waals surface area contributed by atoms with E-state index in [-0.39, 0.29) is 5.50 Å². The highest BCUT2D eigenvalue weighted by molar-refractivity contribution is 9.10. The molecule has 15 heavy (non-hydrogen) atoms.